The number of anilines is 1. The number of amides is 1. The molecule has 0 aliphatic carbocycles. The minimum absolute atomic E-state index is 0.0857. The molecule has 1 aromatic heterocycles. The van der Waals surface area contributed by atoms with Crippen LogP contribution in [0.25, 0.3) is 11.0 Å². The summed E-state index contributed by atoms with van der Waals surface area (Å²) >= 11 is 0. The van der Waals surface area contributed by atoms with Gasteiger partial charge in [-0.25, -0.2) is 4.98 Å². The molecule has 1 aliphatic rings. The van der Waals surface area contributed by atoms with Gasteiger partial charge in [0.15, 0.2) is 0 Å². The largest absolute Gasteiger partial charge is 0.327 e. The minimum atomic E-state index is 0.0857. The highest BCUT2D eigenvalue weighted by atomic mass is 16.1. The molecule has 3 aromatic rings. The fourth-order valence-corrected chi connectivity index (χ4v) is 4.03. The summed E-state index contributed by atoms with van der Waals surface area (Å²) in [5.41, 5.74) is 4.35. The molecule has 0 radical (unpaired) electrons. The minimum Gasteiger partial charge on any atom is -0.327 e. The molecule has 2 heterocycles. The number of likely N-dealkylation sites (tertiary alicyclic amines) is 1. The summed E-state index contributed by atoms with van der Waals surface area (Å²) in [5, 5.41) is 3.07. The third kappa shape index (κ3) is 3.94. The van der Waals surface area contributed by atoms with Crippen molar-refractivity contribution in [2.45, 2.75) is 39.8 Å². The van der Waals surface area contributed by atoms with Crippen LogP contribution in [0, 0.1) is 12.8 Å². The first-order valence-corrected chi connectivity index (χ1v) is 10.2. The molecule has 0 saturated carbocycles. The summed E-state index contributed by atoms with van der Waals surface area (Å²) in [7, 11) is 0. The van der Waals surface area contributed by atoms with Gasteiger partial charge in [-0.15, -0.1) is 0 Å². The number of nitrogens with zero attached hydrogens (tertiary/aromatic N) is 3. The molecule has 1 saturated heterocycles. The van der Waals surface area contributed by atoms with Crippen molar-refractivity contribution in [3.05, 3.63) is 59.9 Å². The van der Waals surface area contributed by atoms with Gasteiger partial charge in [0.2, 0.25) is 5.91 Å². The second-order valence-electron chi connectivity index (χ2n) is 7.67. The topological polar surface area (TPSA) is 50.2 Å². The maximum absolute atomic E-state index is 12.6. The van der Waals surface area contributed by atoms with Crippen LogP contribution >= 0.6 is 0 Å². The molecule has 0 unspecified atom stereocenters. The molecule has 0 atom stereocenters. The van der Waals surface area contributed by atoms with Crippen molar-refractivity contribution >= 4 is 22.6 Å². The Morgan fingerprint density at radius 1 is 1.11 bits per heavy atom. The number of aryl methyl sites for hydroxylation is 2. The summed E-state index contributed by atoms with van der Waals surface area (Å²) in [5.74, 6) is 1.35. The lowest BCUT2D eigenvalue weighted by atomic mass is 9.95. The summed E-state index contributed by atoms with van der Waals surface area (Å²) in [6.45, 7) is 7.84. The molecular weight excluding hydrogens is 348 g/mol. The van der Waals surface area contributed by atoms with Gasteiger partial charge in [0, 0.05) is 18.2 Å². The van der Waals surface area contributed by atoms with Crippen molar-refractivity contribution in [3.63, 3.8) is 0 Å². The normalized spacial score (nSPS) is 15.8. The number of piperidine rings is 1. The van der Waals surface area contributed by atoms with Crippen LogP contribution in [0.5, 0.6) is 0 Å². The molecule has 5 heteroatoms. The van der Waals surface area contributed by atoms with Gasteiger partial charge in [-0.1, -0.05) is 29.8 Å². The summed E-state index contributed by atoms with van der Waals surface area (Å²) in [6, 6.07) is 16.3. The van der Waals surface area contributed by atoms with Gasteiger partial charge >= 0.3 is 0 Å². The number of para-hydroxylation sites is 2. The Morgan fingerprint density at radius 2 is 1.82 bits per heavy atom. The Kier molecular flexibility index (Phi) is 5.44. The van der Waals surface area contributed by atoms with Crippen LogP contribution in [0.15, 0.2) is 48.5 Å². The fourth-order valence-electron chi connectivity index (χ4n) is 4.03. The number of nitrogens with one attached hydrogen (secondary N) is 1. The van der Waals surface area contributed by atoms with Gasteiger partial charge in [-0.2, -0.15) is 0 Å². The molecule has 5 nitrogen and oxygen atoms in total. The van der Waals surface area contributed by atoms with Crippen molar-refractivity contribution in [2.75, 3.05) is 18.4 Å². The number of carbonyl (C=O) groups is 1. The Balaban J connectivity index is 1.35. The van der Waals surface area contributed by atoms with Gasteiger partial charge in [0.1, 0.15) is 5.82 Å². The van der Waals surface area contributed by atoms with E-state index >= 15 is 0 Å². The second kappa shape index (κ2) is 8.15. The van der Waals surface area contributed by atoms with Crippen LogP contribution in [-0.4, -0.2) is 33.4 Å². The van der Waals surface area contributed by atoms with E-state index in [2.05, 4.69) is 39.9 Å². The number of fused-ring (bicyclic) bond motifs is 1. The van der Waals surface area contributed by atoms with Gasteiger partial charge in [0.05, 0.1) is 17.6 Å². The van der Waals surface area contributed by atoms with E-state index < -0.39 is 0 Å². The van der Waals surface area contributed by atoms with E-state index in [0.717, 1.165) is 56.0 Å². The lowest BCUT2D eigenvalue weighted by Crippen LogP contribution is -2.38. The van der Waals surface area contributed by atoms with Crippen molar-refractivity contribution < 1.29 is 4.79 Å². The molecule has 1 N–H and O–H groups in total. The van der Waals surface area contributed by atoms with E-state index in [0.29, 0.717) is 0 Å². The van der Waals surface area contributed by atoms with E-state index in [-0.39, 0.29) is 11.8 Å². The van der Waals surface area contributed by atoms with Gasteiger partial charge < -0.3 is 9.88 Å². The lowest BCUT2D eigenvalue weighted by molar-refractivity contribution is -0.121. The fraction of sp³-hybridized carbons (Fsp3) is 0.391. The number of imidazole rings is 1. The first kappa shape index (κ1) is 18.7. The average molecular weight is 377 g/mol. The Bertz CT molecular complexity index is 952. The Morgan fingerprint density at radius 3 is 2.54 bits per heavy atom. The number of carbonyl (C=O) groups excluding carboxylic acids is 1. The quantitative estimate of drug-likeness (QED) is 0.725. The first-order valence-electron chi connectivity index (χ1n) is 10.2. The summed E-state index contributed by atoms with van der Waals surface area (Å²) < 4.78 is 2.30. The number of hydrogen-bond donors (Lipinski definition) is 1. The SMILES string of the molecule is CCn1c(CN2CCC(C(=O)Nc3ccc(C)cc3)CC2)nc2ccccc21. The van der Waals surface area contributed by atoms with Crippen molar-refractivity contribution in [2.24, 2.45) is 5.92 Å². The Hall–Kier alpha value is -2.66. The number of benzene rings is 2. The summed E-state index contributed by atoms with van der Waals surface area (Å²) in [6.07, 6.45) is 1.79. The molecular formula is C23H28N4O. The molecule has 1 amide bonds. The smallest absolute Gasteiger partial charge is 0.227 e. The van der Waals surface area contributed by atoms with Crippen LogP contribution < -0.4 is 5.32 Å². The second-order valence-corrected chi connectivity index (χ2v) is 7.67. The maximum Gasteiger partial charge on any atom is 0.227 e. The van der Waals surface area contributed by atoms with E-state index in [1.807, 2.05) is 37.3 Å². The molecule has 1 fully saturated rings. The predicted molar refractivity (Wildman–Crippen MR) is 113 cm³/mol. The lowest BCUT2D eigenvalue weighted by Gasteiger charge is -2.31. The van der Waals surface area contributed by atoms with Crippen LogP contribution in [0.4, 0.5) is 5.69 Å². The van der Waals surface area contributed by atoms with Gasteiger partial charge in [-0.05, 0) is 64.0 Å². The number of aromatic nitrogens is 2. The first-order chi connectivity index (χ1) is 13.6. The zero-order valence-corrected chi connectivity index (χ0v) is 16.7. The van der Waals surface area contributed by atoms with Crippen molar-refractivity contribution in [1.82, 2.24) is 14.5 Å². The molecule has 0 bridgehead atoms. The zero-order valence-electron chi connectivity index (χ0n) is 16.7. The standard InChI is InChI=1S/C23H28N4O/c1-3-27-21-7-5-4-6-20(21)25-22(27)16-26-14-12-18(13-15-26)23(28)24-19-10-8-17(2)9-11-19/h4-11,18H,3,12-16H2,1-2H3,(H,24,28). The molecule has 28 heavy (non-hydrogen) atoms. The van der Waals surface area contributed by atoms with Gasteiger partial charge in [-0.3, -0.25) is 9.69 Å². The van der Waals surface area contributed by atoms with Crippen molar-refractivity contribution in [3.8, 4) is 0 Å². The van der Waals surface area contributed by atoms with Gasteiger partial charge in [0.25, 0.3) is 0 Å². The van der Waals surface area contributed by atoms with E-state index in [4.69, 9.17) is 4.98 Å². The number of rotatable bonds is 5. The number of hydrogen-bond acceptors (Lipinski definition) is 3. The third-order valence-corrected chi connectivity index (χ3v) is 5.69. The van der Waals surface area contributed by atoms with E-state index in [9.17, 15) is 4.79 Å². The zero-order chi connectivity index (χ0) is 19.5. The average Bonchev–Trinajstić information content (AvgIpc) is 3.07. The van der Waals surface area contributed by atoms with E-state index in [1.54, 1.807) is 0 Å². The highest BCUT2D eigenvalue weighted by Gasteiger charge is 2.26. The monoisotopic (exact) mass is 376 g/mol. The predicted octanol–water partition coefficient (Wildman–Crippen LogP) is 4.22. The highest BCUT2D eigenvalue weighted by Crippen LogP contribution is 2.23. The van der Waals surface area contributed by atoms with Crippen LogP contribution in [0.1, 0.15) is 31.2 Å². The Labute approximate surface area is 166 Å². The summed E-state index contributed by atoms with van der Waals surface area (Å²) in [4.78, 5) is 19.8. The molecule has 4 rings (SSSR count). The van der Waals surface area contributed by atoms with E-state index in [1.165, 1.54) is 11.1 Å². The van der Waals surface area contributed by atoms with Crippen LogP contribution in [0.2, 0.25) is 0 Å². The maximum atomic E-state index is 12.6. The highest BCUT2D eigenvalue weighted by molar-refractivity contribution is 5.92. The third-order valence-electron chi connectivity index (χ3n) is 5.69. The molecule has 1 aliphatic heterocycles. The molecule has 0 spiro atoms. The molecule has 146 valence electrons. The molecule has 2 aromatic carbocycles. The van der Waals surface area contributed by atoms with Crippen LogP contribution in [0.3, 0.4) is 0 Å². The van der Waals surface area contributed by atoms with Crippen LogP contribution in [-0.2, 0) is 17.9 Å². The van der Waals surface area contributed by atoms with Crippen molar-refractivity contribution in [1.29, 1.82) is 0 Å².